The summed E-state index contributed by atoms with van der Waals surface area (Å²) in [5, 5.41) is 18.9. The van der Waals surface area contributed by atoms with E-state index < -0.39 is 0 Å². The van der Waals surface area contributed by atoms with E-state index in [1.54, 1.807) is 6.07 Å². The van der Waals surface area contributed by atoms with Crippen LogP contribution in [0, 0.1) is 18.3 Å². The molecule has 2 rings (SSSR count). The average Bonchev–Trinajstić information content (AvgIpc) is 2.94. The fourth-order valence-electron chi connectivity index (χ4n) is 1.62. The van der Waals surface area contributed by atoms with Gasteiger partial charge in [-0.3, -0.25) is 0 Å². The van der Waals surface area contributed by atoms with Crippen molar-refractivity contribution >= 4 is 11.6 Å². The normalized spacial score (nSPS) is 17.5. The Morgan fingerprint density at radius 2 is 2.14 bits per heavy atom. The van der Waals surface area contributed by atoms with Crippen LogP contribution in [0.15, 0.2) is 12.1 Å². The second-order valence-electron chi connectivity index (χ2n) is 3.82. The van der Waals surface area contributed by atoms with Gasteiger partial charge in [-0.05, 0) is 37.0 Å². The molecule has 0 bridgehead atoms. The lowest BCUT2D eigenvalue weighted by molar-refractivity contribution is 0.474. The molecule has 1 aliphatic rings. The van der Waals surface area contributed by atoms with Crippen molar-refractivity contribution in [2.45, 2.75) is 25.2 Å². The first kappa shape index (κ1) is 9.36. The number of hydrogen-bond acceptors (Lipinski definition) is 2. The summed E-state index contributed by atoms with van der Waals surface area (Å²) in [5.41, 5.74) is 1.36. The van der Waals surface area contributed by atoms with Gasteiger partial charge in [0.1, 0.15) is 5.75 Å². The van der Waals surface area contributed by atoms with E-state index in [4.69, 9.17) is 16.9 Å². The molecule has 0 atom stereocenters. The highest BCUT2D eigenvalue weighted by molar-refractivity contribution is 6.32. The molecule has 72 valence electrons. The molecule has 14 heavy (non-hydrogen) atoms. The minimum Gasteiger partial charge on any atom is -0.506 e. The third-order valence-corrected chi connectivity index (χ3v) is 3.24. The summed E-state index contributed by atoms with van der Waals surface area (Å²) in [4.78, 5) is 0. The van der Waals surface area contributed by atoms with Crippen LogP contribution in [0.4, 0.5) is 0 Å². The van der Waals surface area contributed by atoms with Crippen molar-refractivity contribution in [1.29, 1.82) is 5.26 Å². The predicted octanol–water partition coefficient (Wildman–Crippen LogP) is 2.91. The second kappa shape index (κ2) is 2.90. The first-order valence-corrected chi connectivity index (χ1v) is 4.88. The molecule has 0 unspecified atom stereocenters. The molecule has 0 aromatic heterocycles. The van der Waals surface area contributed by atoms with Gasteiger partial charge in [0.05, 0.1) is 16.5 Å². The topological polar surface area (TPSA) is 44.0 Å². The van der Waals surface area contributed by atoms with Crippen LogP contribution in [0.25, 0.3) is 0 Å². The summed E-state index contributed by atoms with van der Waals surface area (Å²) >= 11 is 5.83. The highest BCUT2D eigenvalue weighted by Crippen LogP contribution is 2.49. The molecule has 0 saturated heterocycles. The average molecular weight is 208 g/mol. The Bertz CT molecular complexity index is 406. The Morgan fingerprint density at radius 3 is 2.57 bits per heavy atom. The molecule has 1 aliphatic carbocycles. The van der Waals surface area contributed by atoms with Crippen LogP contribution in [0.1, 0.15) is 24.0 Å². The van der Waals surface area contributed by atoms with Crippen molar-refractivity contribution in [1.82, 2.24) is 0 Å². The lowest BCUT2D eigenvalue weighted by Gasteiger charge is -2.09. The van der Waals surface area contributed by atoms with Gasteiger partial charge in [0.2, 0.25) is 0 Å². The van der Waals surface area contributed by atoms with Gasteiger partial charge in [-0.1, -0.05) is 17.7 Å². The number of phenolic OH excluding ortho intramolecular Hbond substituents is 1. The zero-order chi connectivity index (χ0) is 10.3. The number of aryl methyl sites for hydroxylation is 1. The van der Waals surface area contributed by atoms with E-state index in [0.29, 0.717) is 5.02 Å². The van der Waals surface area contributed by atoms with E-state index in [1.165, 1.54) is 0 Å². The lowest BCUT2D eigenvalue weighted by atomic mass is 9.96. The summed E-state index contributed by atoms with van der Waals surface area (Å²) in [6, 6.07) is 5.78. The molecular formula is C11H10ClNO. The first-order chi connectivity index (χ1) is 6.59. The van der Waals surface area contributed by atoms with Crippen LogP contribution < -0.4 is 0 Å². The number of rotatable bonds is 1. The van der Waals surface area contributed by atoms with E-state index in [9.17, 15) is 5.11 Å². The maximum atomic E-state index is 9.53. The molecule has 2 nitrogen and oxygen atoms in total. The highest BCUT2D eigenvalue weighted by atomic mass is 35.5. The maximum Gasteiger partial charge on any atom is 0.134 e. The van der Waals surface area contributed by atoms with Crippen LogP contribution in [0.3, 0.4) is 0 Å². The molecule has 0 aliphatic heterocycles. The fraction of sp³-hybridized carbons (Fsp3) is 0.364. The Morgan fingerprint density at radius 1 is 1.50 bits per heavy atom. The summed E-state index contributed by atoms with van der Waals surface area (Å²) in [7, 11) is 0. The van der Waals surface area contributed by atoms with Gasteiger partial charge in [-0.15, -0.1) is 0 Å². The number of phenols is 1. The van der Waals surface area contributed by atoms with Crippen molar-refractivity contribution in [2.24, 2.45) is 0 Å². The van der Waals surface area contributed by atoms with Crippen LogP contribution in [0.2, 0.25) is 5.02 Å². The molecule has 1 aromatic carbocycles. The van der Waals surface area contributed by atoms with Gasteiger partial charge in [-0.25, -0.2) is 0 Å². The molecular weight excluding hydrogens is 198 g/mol. The SMILES string of the molecule is Cc1cc(C2(C#N)CC2)cc(O)c1Cl. The van der Waals surface area contributed by atoms with E-state index in [1.807, 2.05) is 13.0 Å². The minimum absolute atomic E-state index is 0.0724. The summed E-state index contributed by atoms with van der Waals surface area (Å²) in [5.74, 6) is 0.0724. The minimum atomic E-state index is -0.354. The first-order valence-electron chi connectivity index (χ1n) is 4.50. The summed E-state index contributed by atoms with van der Waals surface area (Å²) < 4.78 is 0. The summed E-state index contributed by atoms with van der Waals surface area (Å²) in [6.45, 7) is 1.83. The van der Waals surface area contributed by atoms with Gasteiger partial charge >= 0.3 is 0 Å². The number of nitrogens with zero attached hydrogens (tertiary/aromatic N) is 1. The van der Waals surface area contributed by atoms with Gasteiger partial charge < -0.3 is 5.11 Å². The van der Waals surface area contributed by atoms with Crippen molar-refractivity contribution < 1.29 is 5.11 Å². The van der Waals surface area contributed by atoms with Crippen molar-refractivity contribution in [2.75, 3.05) is 0 Å². The zero-order valence-corrected chi connectivity index (χ0v) is 8.60. The van der Waals surface area contributed by atoms with Crippen LogP contribution in [0.5, 0.6) is 5.75 Å². The molecule has 1 fully saturated rings. The van der Waals surface area contributed by atoms with Crippen LogP contribution >= 0.6 is 11.6 Å². The quantitative estimate of drug-likeness (QED) is 0.770. The third-order valence-electron chi connectivity index (χ3n) is 2.75. The summed E-state index contributed by atoms with van der Waals surface area (Å²) in [6.07, 6.45) is 1.76. The molecule has 1 saturated carbocycles. The molecule has 0 amide bonds. The van der Waals surface area contributed by atoms with Crippen molar-refractivity contribution in [3.8, 4) is 11.8 Å². The smallest absolute Gasteiger partial charge is 0.134 e. The number of benzene rings is 1. The van der Waals surface area contributed by atoms with Crippen LogP contribution in [-0.4, -0.2) is 5.11 Å². The fourth-order valence-corrected chi connectivity index (χ4v) is 1.73. The highest BCUT2D eigenvalue weighted by Gasteiger charge is 2.45. The largest absolute Gasteiger partial charge is 0.506 e. The Balaban J connectivity index is 2.53. The zero-order valence-electron chi connectivity index (χ0n) is 7.84. The number of aromatic hydroxyl groups is 1. The Kier molecular flexibility index (Phi) is 1.94. The monoisotopic (exact) mass is 207 g/mol. The van der Waals surface area contributed by atoms with Gasteiger partial charge in [0.15, 0.2) is 0 Å². The van der Waals surface area contributed by atoms with Crippen molar-refractivity contribution in [3.05, 3.63) is 28.3 Å². The molecule has 0 spiro atoms. The Labute approximate surface area is 87.7 Å². The lowest BCUT2D eigenvalue weighted by Crippen LogP contribution is -2.02. The predicted molar refractivity (Wildman–Crippen MR) is 54.4 cm³/mol. The number of hydrogen-bond donors (Lipinski definition) is 1. The van der Waals surface area contributed by atoms with E-state index >= 15 is 0 Å². The molecule has 0 radical (unpaired) electrons. The van der Waals surface area contributed by atoms with Gasteiger partial charge in [0, 0.05) is 0 Å². The maximum absolute atomic E-state index is 9.53. The standard InChI is InChI=1S/C11H10ClNO/c1-7-4-8(5-9(14)10(7)12)11(6-13)2-3-11/h4-5,14H,2-3H2,1H3. The van der Waals surface area contributed by atoms with E-state index in [-0.39, 0.29) is 11.2 Å². The van der Waals surface area contributed by atoms with Crippen molar-refractivity contribution in [3.63, 3.8) is 0 Å². The Hall–Kier alpha value is -1.20. The van der Waals surface area contributed by atoms with E-state index in [0.717, 1.165) is 24.0 Å². The van der Waals surface area contributed by atoms with E-state index in [2.05, 4.69) is 6.07 Å². The third kappa shape index (κ3) is 1.25. The van der Waals surface area contributed by atoms with Crippen LogP contribution in [-0.2, 0) is 5.41 Å². The molecule has 0 heterocycles. The van der Waals surface area contributed by atoms with Gasteiger partial charge in [-0.2, -0.15) is 5.26 Å². The number of nitriles is 1. The molecule has 1 aromatic rings. The second-order valence-corrected chi connectivity index (χ2v) is 4.20. The van der Waals surface area contributed by atoms with Gasteiger partial charge in [0.25, 0.3) is 0 Å². The molecule has 1 N–H and O–H groups in total. The molecule has 3 heteroatoms. The number of halogens is 1.